The molecule has 1 aromatic heterocycles. The molecule has 0 fully saturated rings. The van der Waals surface area contributed by atoms with Crippen molar-refractivity contribution < 1.29 is 4.74 Å². The quantitative estimate of drug-likeness (QED) is 0.270. The Morgan fingerprint density at radius 3 is 2.48 bits per heavy atom. The molecule has 0 spiro atoms. The molecule has 0 saturated carbocycles. The molecule has 5 nitrogen and oxygen atoms in total. The Balaban J connectivity index is 0.00000300. The van der Waals surface area contributed by atoms with Gasteiger partial charge in [0.2, 0.25) is 0 Å². The third kappa shape index (κ3) is 8.11. The number of aliphatic imine (C=N–C) groups is 1. The first-order valence-corrected chi connectivity index (χ1v) is 9.51. The minimum atomic E-state index is 0. The number of aromatic nitrogens is 1. The van der Waals surface area contributed by atoms with Crippen LogP contribution in [0.3, 0.4) is 0 Å². The lowest BCUT2D eigenvalue weighted by atomic mass is 10.2. The van der Waals surface area contributed by atoms with E-state index in [1.807, 2.05) is 54.6 Å². The third-order valence-corrected chi connectivity index (χ3v) is 4.07. The van der Waals surface area contributed by atoms with Crippen LogP contribution in [-0.4, -0.2) is 17.5 Å². The first kappa shape index (κ1) is 22.7. The van der Waals surface area contributed by atoms with E-state index in [9.17, 15) is 0 Å². The molecule has 2 N–H and O–H groups in total. The Hall–Kier alpha value is -2.61. The molecule has 0 radical (unpaired) electrons. The summed E-state index contributed by atoms with van der Waals surface area (Å²) in [5.41, 5.74) is 3.23. The summed E-state index contributed by atoms with van der Waals surface area (Å²) in [7, 11) is 0. The first-order valence-electron chi connectivity index (χ1n) is 9.51. The van der Waals surface area contributed by atoms with Crippen LogP contribution < -0.4 is 15.4 Å². The summed E-state index contributed by atoms with van der Waals surface area (Å²) < 4.78 is 5.90. The van der Waals surface area contributed by atoms with Crippen molar-refractivity contribution in [3.63, 3.8) is 0 Å². The van der Waals surface area contributed by atoms with Crippen LogP contribution in [0.5, 0.6) is 5.75 Å². The highest BCUT2D eigenvalue weighted by atomic mass is 127. The summed E-state index contributed by atoms with van der Waals surface area (Å²) in [4.78, 5) is 8.99. The fourth-order valence-corrected chi connectivity index (χ4v) is 2.66. The van der Waals surface area contributed by atoms with Crippen LogP contribution in [0.15, 0.2) is 84.0 Å². The smallest absolute Gasteiger partial charge is 0.191 e. The lowest BCUT2D eigenvalue weighted by molar-refractivity contribution is 0.306. The molecule has 0 atom stereocenters. The minimum Gasteiger partial charge on any atom is -0.489 e. The maximum atomic E-state index is 5.90. The molecule has 3 aromatic rings. The summed E-state index contributed by atoms with van der Waals surface area (Å²) >= 11 is 0. The zero-order valence-electron chi connectivity index (χ0n) is 16.5. The van der Waals surface area contributed by atoms with Gasteiger partial charge in [0.25, 0.3) is 0 Å². The average Bonchev–Trinajstić information content (AvgIpc) is 2.76. The zero-order chi connectivity index (χ0) is 19.4. The van der Waals surface area contributed by atoms with Gasteiger partial charge in [-0.3, -0.25) is 4.98 Å². The second-order valence-electron chi connectivity index (χ2n) is 6.29. The molecule has 0 unspecified atom stereocenters. The van der Waals surface area contributed by atoms with Gasteiger partial charge in [0.15, 0.2) is 5.96 Å². The molecular formula is C23H27IN4O. The van der Waals surface area contributed by atoms with Crippen LogP contribution in [-0.2, 0) is 19.7 Å². The van der Waals surface area contributed by atoms with Crippen molar-refractivity contribution in [2.24, 2.45) is 4.99 Å². The number of ether oxygens (including phenoxy) is 1. The number of halogens is 1. The Morgan fingerprint density at radius 2 is 1.72 bits per heavy atom. The van der Waals surface area contributed by atoms with Crippen molar-refractivity contribution in [1.29, 1.82) is 0 Å². The second-order valence-corrected chi connectivity index (χ2v) is 6.29. The van der Waals surface area contributed by atoms with Crippen LogP contribution in [0.2, 0.25) is 0 Å². The number of nitrogens with zero attached hydrogens (tertiary/aromatic N) is 2. The Labute approximate surface area is 189 Å². The Morgan fingerprint density at radius 1 is 0.931 bits per heavy atom. The van der Waals surface area contributed by atoms with E-state index in [2.05, 4.69) is 45.7 Å². The largest absolute Gasteiger partial charge is 0.489 e. The number of rotatable bonds is 8. The van der Waals surface area contributed by atoms with E-state index >= 15 is 0 Å². The predicted octanol–water partition coefficient (Wildman–Crippen LogP) is 4.53. The lowest BCUT2D eigenvalue weighted by Crippen LogP contribution is -2.36. The molecule has 6 heteroatoms. The SMILES string of the molecule is CCNC(=NCc1cccc(OCc2ccccc2)c1)NCc1ccccn1.I. The second kappa shape index (κ2) is 12.8. The normalized spacial score (nSPS) is 10.7. The van der Waals surface area contributed by atoms with Crippen LogP contribution in [0.4, 0.5) is 0 Å². The standard InChI is InChI=1S/C23H26N4O.HI/c1-2-24-23(27-17-21-12-6-7-14-25-21)26-16-20-11-8-13-22(15-20)28-18-19-9-4-3-5-10-19;/h3-15H,2,16-18H2,1H3,(H2,24,26,27);1H. The molecule has 0 bridgehead atoms. The lowest BCUT2D eigenvalue weighted by Gasteiger charge is -2.11. The van der Waals surface area contributed by atoms with E-state index in [4.69, 9.17) is 4.74 Å². The van der Waals surface area contributed by atoms with Gasteiger partial charge < -0.3 is 15.4 Å². The van der Waals surface area contributed by atoms with Gasteiger partial charge in [-0.15, -0.1) is 24.0 Å². The van der Waals surface area contributed by atoms with Gasteiger partial charge >= 0.3 is 0 Å². The van der Waals surface area contributed by atoms with Crippen molar-refractivity contribution in [3.05, 3.63) is 95.8 Å². The summed E-state index contributed by atoms with van der Waals surface area (Å²) in [6.45, 7) is 4.61. The molecule has 29 heavy (non-hydrogen) atoms. The van der Waals surface area contributed by atoms with E-state index in [0.29, 0.717) is 19.7 Å². The van der Waals surface area contributed by atoms with Crippen molar-refractivity contribution >= 4 is 29.9 Å². The van der Waals surface area contributed by atoms with Crippen molar-refractivity contribution in [3.8, 4) is 5.75 Å². The fourth-order valence-electron chi connectivity index (χ4n) is 2.66. The van der Waals surface area contributed by atoms with E-state index in [0.717, 1.165) is 35.1 Å². The van der Waals surface area contributed by atoms with Crippen LogP contribution >= 0.6 is 24.0 Å². The maximum Gasteiger partial charge on any atom is 0.191 e. The van der Waals surface area contributed by atoms with Crippen molar-refractivity contribution in [1.82, 2.24) is 15.6 Å². The average molecular weight is 502 g/mol. The van der Waals surface area contributed by atoms with Gasteiger partial charge in [0, 0.05) is 12.7 Å². The molecular weight excluding hydrogens is 475 g/mol. The summed E-state index contributed by atoms with van der Waals surface area (Å²) in [6.07, 6.45) is 1.79. The minimum absolute atomic E-state index is 0. The number of nitrogens with one attached hydrogen (secondary N) is 2. The van der Waals surface area contributed by atoms with Gasteiger partial charge in [-0.25, -0.2) is 4.99 Å². The molecule has 152 valence electrons. The number of benzene rings is 2. The number of hydrogen-bond donors (Lipinski definition) is 2. The summed E-state index contributed by atoms with van der Waals surface area (Å²) in [6, 6.07) is 24.1. The summed E-state index contributed by atoms with van der Waals surface area (Å²) in [5.74, 6) is 1.62. The van der Waals surface area contributed by atoms with Crippen LogP contribution in [0.25, 0.3) is 0 Å². The van der Waals surface area contributed by atoms with E-state index < -0.39 is 0 Å². The monoisotopic (exact) mass is 502 g/mol. The zero-order valence-corrected chi connectivity index (χ0v) is 18.9. The topological polar surface area (TPSA) is 58.5 Å². The highest BCUT2D eigenvalue weighted by Crippen LogP contribution is 2.16. The number of hydrogen-bond acceptors (Lipinski definition) is 3. The molecule has 0 aliphatic rings. The van der Waals surface area contributed by atoms with Crippen molar-refractivity contribution in [2.75, 3.05) is 6.54 Å². The third-order valence-electron chi connectivity index (χ3n) is 4.07. The van der Waals surface area contributed by atoms with Crippen LogP contribution in [0, 0.1) is 0 Å². The maximum absolute atomic E-state index is 5.90. The molecule has 2 aromatic carbocycles. The van der Waals surface area contributed by atoms with Gasteiger partial charge in [-0.05, 0) is 42.3 Å². The molecule has 0 aliphatic carbocycles. The molecule has 0 amide bonds. The van der Waals surface area contributed by atoms with Gasteiger partial charge in [0.05, 0.1) is 18.8 Å². The van der Waals surface area contributed by atoms with E-state index in [-0.39, 0.29) is 24.0 Å². The van der Waals surface area contributed by atoms with Gasteiger partial charge in [-0.2, -0.15) is 0 Å². The molecule has 3 rings (SSSR count). The van der Waals surface area contributed by atoms with Gasteiger partial charge in [-0.1, -0.05) is 48.5 Å². The Bertz CT molecular complexity index is 872. The number of guanidine groups is 1. The Kier molecular flexibility index (Phi) is 9.99. The molecule has 1 heterocycles. The molecule has 0 aliphatic heterocycles. The van der Waals surface area contributed by atoms with E-state index in [1.54, 1.807) is 6.20 Å². The summed E-state index contributed by atoms with van der Waals surface area (Å²) in [5, 5.41) is 6.58. The van der Waals surface area contributed by atoms with E-state index in [1.165, 1.54) is 0 Å². The van der Waals surface area contributed by atoms with Crippen LogP contribution in [0.1, 0.15) is 23.7 Å². The van der Waals surface area contributed by atoms with Crippen molar-refractivity contribution in [2.45, 2.75) is 26.6 Å². The highest BCUT2D eigenvalue weighted by molar-refractivity contribution is 14.0. The number of pyridine rings is 1. The highest BCUT2D eigenvalue weighted by Gasteiger charge is 2.01. The first-order chi connectivity index (χ1) is 13.8. The van der Waals surface area contributed by atoms with Gasteiger partial charge in [0.1, 0.15) is 12.4 Å². The molecule has 0 saturated heterocycles. The predicted molar refractivity (Wildman–Crippen MR) is 129 cm³/mol. The fraction of sp³-hybridized carbons (Fsp3) is 0.217.